The standard InChI is InChI=1S/C23H29ClN2O3/c1-17(2)18-5-9-21(10-6-18)29-16-23(27)25-15-22(26-11-13-28-14-12-26)19-3-7-20(24)8-4-19/h3-10,17,22H,11-16H2,1-2H3,(H,25,27)/t22-/m1/s1. The van der Waals surface area contributed by atoms with E-state index in [-0.39, 0.29) is 18.6 Å². The molecule has 1 saturated heterocycles. The lowest BCUT2D eigenvalue weighted by atomic mass is 10.0. The van der Waals surface area contributed by atoms with Gasteiger partial charge in [-0.1, -0.05) is 49.7 Å². The van der Waals surface area contributed by atoms with Gasteiger partial charge < -0.3 is 14.8 Å². The van der Waals surface area contributed by atoms with Crippen LogP contribution in [0.15, 0.2) is 48.5 Å². The van der Waals surface area contributed by atoms with Crippen molar-refractivity contribution in [2.24, 2.45) is 0 Å². The summed E-state index contributed by atoms with van der Waals surface area (Å²) in [5.74, 6) is 1.04. The molecule has 0 aromatic heterocycles. The van der Waals surface area contributed by atoms with Crippen LogP contribution in [0.5, 0.6) is 5.75 Å². The summed E-state index contributed by atoms with van der Waals surface area (Å²) in [6.45, 7) is 7.88. The molecule has 156 valence electrons. The van der Waals surface area contributed by atoms with Gasteiger partial charge >= 0.3 is 0 Å². The minimum atomic E-state index is -0.134. The van der Waals surface area contributed by atoms with E-state index < -0.39 is 0 Å². The van der Waals surface area contributed by atoms with E-state index in [1.165, 1.54) is 5.56 Å². The molecule has 0 saturated carbocycles. The second-order valence-corrected chi connectivity index (χ2v) is 7.97. The lowest BCUT2D eigenvalue weighted by Crippen LogP contribution is -2.44. The molecule has 1 N–H and O–H groups in total. The van der Waals surface area contributed by atoms with Crippen molar-refractivity contribution < 1.29 is 14.3 Å². The first-order chi connectivity index (χ1) is 14.0. The lowest BCUT2D eigenvalue weighted by molar-refractivity contribution is -0.123. The summed E-state index contributed by atoms with van der Waals surface area (Å²) in [5, 5.41) is 3.72. The summed E-state index contributed by atoms with van der Waals surface area (Å²) in [6.07, 6.45) is 0. The topological polar surface area (TPSA) is 50.8 Å². The number of benzene rings is 2. The summed E-state index contributed by atoms with van der Waals surface area (Å²) < 4.78 is 11.1. The smallest absolute Gasteiger partial charge is 0.258 e. The Hall–Kier alpha value is -2.08. The van der Waals surface area contributed by atoms with E-state index in [4.69, 9.17) is 21.1 Å². The maximum Gasteiger partial charge on any atom is 0.258 e. The lowest BCUT2D eigenvalue weighted by Gasteiger charge is -2.35. The van der Waals surface area contributed by atoms with Gasteiger partial charge in [-0.25, -0.2) is 0 Å². The Balaban J connectivity index is 1.55. The van der Waals surface area contributed by atoms with Crippen LogP contribution in [0.3, 0.4) is 0 Å². The van der Waals surface area contributed by atoms with Crippen LogP contribution in [-0.4, -0.2) is 50.3 Å². The maximum atomic E-state index is 12.4. The molecule has 0 unspecified atom stereocenters. The Labute approximate surface area is 177 Å². The molecule has 1 fully saturated rings. The van der Waals surface area contributed by atoms with Crippen LogP contribution in [-0.2, 0) is 9.53 Å². The predicted molar refractivity (Wildman–Crippen MR) is 116 cm³/mol. The van der Waals surface area contributed by atoms with Crippen LogP contribution in [0.25, 0.3) is 0 Å². The normalized spacial score (nSPS) is 15.9. The summed E-state index contributed by atoms with van der Waals surface area (Å²) in [7, 11) is 0. The van der Waals surface area contributed by atoms with Crippen molar-refractivity contribution in [3.8, 4) is 5.75 Å². The van der Waals surface area contributed by atoms with Crippen LogP contribution >= 0.6 is 11.6 Å². The number of carbonyl (C=O) groups excluding carboxylic acids is 1. The molecule has 3 rings (SSSR count). The number of morpholine rings is 1. The molecule has 5 nitrogen and oxygen atoms in total. The quantitative estimate of drug-likeness (QED) is 0.705. The second kappa shape index (κ2) is 10.6. The fraction of sp³-hybridized carbons (Fsp3) is 0.435. The van der Waals surface area contributed by atoms with Gasteiger partial charge in [0.05, 0.1) is 19.3 Å². The van der Waals surface area contributed by atoms with Crippen molar-refractivity contribution in [1.29, 1.82) is 0 Å². The monoisotopic (exact) mass is 416 g/mol. The molecule has 1 heterocycles. The Kier molecular flexibility index (Phi) is 7.92. The molecule has 0 aliphatic carbocycles. The second-order valence-electron chi connectivity index (χ2n) is 7.53. The first-order valence-corrected chi connectivity index (χ1v) is 10.5. The number of nitrogens with one attached hydrogen (secondary N) is 1. The maximum absolute atomic E-state index is 12.4. The van der Waals surface area contributed by atoms with Gasteiger partial charge in [0.1, 0.15) is 5.75 Å². The van der Waals surface area contributed by atoms with Crippen molar-refractivity contribution in [3.05, 3.63) is 64.7 Å². The first kappa shape index (κ1) is 21.6. The summed E-state index contributed by atoms with van der Waals surface area (Å²) in [6, 6.07) is 15.8. The molecule has 1 amide bonds. The highest BCUT2D eigenvalue weighted by Gasteiger charge is 2.23. The summed E-state index contributed by atoms with van der Waals surface area (Å²) >= 11 is 6.04. The van der Waals surface area contributed by atoms with Gasteiger partial charge in [0, 0.05) is 24.7 Å². The third-order valence-electron chi connectivity index (χ3n) is 5.15. The van der Waals surface area contributed by atoms with E-state index in [0.29, 0.717) is 36.4 Å². The SMILES string of the molecule is CC(C)c1ccc(OCC(=O)NC[C@H](c2ccc(Cl)cc2)N2CCOCC2)cc1. The molecule has 1 aliphatic heterocycles. The zero-order valence-corrected chi connectivity index (χ0v) is 17.8. The first-order valence-electron chi connectivity index (χ1n) is 10.1. The minimum absolute atomic E-state index is 0.00251. The number of hydrogen-bond donors (Lipinski definition) is 1. The number of hydrogen-bond acceptors (Lipinski definition) is 4. The molecule has 2 aromatic rings. The number of nitrogens with zero attached hydrogens (tertiary/aromatic N) is 1. The van der Waals surface area contributed by atoms with E-state index in [1.807, 2.05) is 48.5 Å². The molecule has 1 atom stereocenters. The average Bonchev–Trinajstić information content (AvgIpc) is 2.74. The molecule has 1 aliphatic rings. The van der Waals surface area contributed by atoms with E-state index in [1.54, 1.807) is 0 Å². The van der Waals surface area contributed by atoms with Crippen LogP contribution < -0.4 is 10.1 Å². The highest BCUT2D eigenvalue weighted by Crippen LogP contribution is 2.23. The average molecular weight is 417 g/mol. The van der Waals surface area contributed by atoms with Crippen LogP contribution in [0.4, 0.5) is 0 Å². The highest BCUT2D eigenvalue weighted by molar-refractivity contribution is 6.30. The van der Waals surface area contributed by atoms with Crippen molar-refractivity contribution in [1.82, 2.24) is 10.2 Å². The minimum Gasteiger partial charge on any atom is -0.484 e. The molecular weight excluding hydrogens is 388 g/mol. The van der Waals surface area contributed by atoms with E-state index in [0.717, 1.165) is 18.7 Å². The van der Waals surface area contributed by atoms with Gasteiger partial charge in [-0.15, -0.1) is 0 Å². The van der Waals surface area contributed by atoms with E-state index in [9.17, 15) is 4.79 Å². The fourth-order valence-electron chi connectivity index (χ4n) is 3.39. The number of ether oxygens (including phenoxy) is 2. The van der Waals surface area contributed by atoms with Gasteiger partial charge in [0.2, 0.25) is 0 Å². The number of rotatable bonds is 8. The van der Waals surface area contributed by atoms with Gasteiger partial charge in [-0.3, -0.25) is 9.69 Å². The van der Waals surface area contributed by atoms with Crippen molar-refractivity contribution in [2.45, 2.75) is 25.8 Å². The Morgan fingerprint density at radius 3 is 2.31 bits per heavy atom. The van der Waals surface area contributed by atoms with Crippen LogP contribution in [0, 0.1) is 0 Å². The molecule has 0 radical (unpaired) electrons. The summed E-state index contributed by atoms with van der Waals surface area (Å²) in [4.78, 5) is 14.7. The van der Waals surface area contributed by atoms with Crippen molar-refractivity contribution >= 4 is 17.5 Å². The van der Waals surface area contributed by atoms with Gasteiger partial charge in [-0.2, -0.15) is 0 Å². The Morgan fingerprint density at radius 2 is 1.69 bits per heavy atom. The zero-order chi connectivity index (χ0) is 20.6. The fourth-order valence-corrected chi connectivity index (χ4v) is 3.52. The number of carbonyl (C=O) groups is 1. The predicted octanol–water partition coefficient (Wildman–Crippen LogP) is 4.03. The third kappa shape index (κ3) is 6.46. The number of halogens is 1. The van der Waals surface area contributed by atoms with Gasteiger partial charge in [0.25, 0.3) is 5.91 Å². The van der Waals surface area contributed by atoms with Gasteiger partial charge in [-0.05, 0) is 41.3 Å². The number of amides is 1. The third-order valence-corrected chi connectivity index (χ3v) is 5.40. The van der Waals surface area contributed by atoms with Crippen molar-refractivity contribution in [2.75, 3.05) is 39.5 Å². The molecular formula is C23H29ClN2O3. The van der Waals surface area contributed by atoms with E-state index in [2.05, 4.69) is 24.1 Å². The molecule has 6 heteroatoms. The van der Waals surface area contributed by atoms with E-state index >= 15 is 0 Å². The zero-order valence-electron chi connectivity index (χ0n) is 17.1. The van der Waals surface area contributed by atoms with Crippen molar-refractivity contribution in [3.63, 3.8) is 0 Å². The molecule has 2 aromatic carbocycles. The van der Waals surface area contributed by atoms with Crippen LogP contribution in [0.2, 0.25) is 5.02 Å². The molecule has 29 heavy (non-hydrogen) atoms. The largest absolute Gasteiger partial charge is 0.484 e. The van der Waals surface area contributed by atoms with Crippen LogP contribution in [0.1, 0.15) is 36.9 Å². The molecule has 0 bridgehead atoms. The Morgan fingerprint density at radius 1 is 1.07 bits per heavy atom. The molecule has 0 spiro atoms. The Bertz CT molecular complexity index is 772. The van der Waals surface area contributed by atoms with Gasteiger partial charge in [0.15, 0.2) is 6.61 Å². The summed E-state index contributed by atoms with van der Waals surface area (Å²) in [5.41, 5.74) is 2.37. The highest BCUT2D eigenvalue weighted by atomic mass is 35.5.